The van der Waals surface area contributed by atoms with Gasteiger partial charge in [-0.2, -0.15) is 5.26 Å². The molecule has 1 aromatic heterocycles. The van der Waals surface area contributed by atoms with Crippen molar-refractivity contribution < 1.29 is 9.90 Å². The number of piperazine rings is 1. The van der Waals surface area contributed by atoms with Crippen LogP contribution < -0.4 is 9.80 Å². The Labute approximate surface area is 231 Å². The molecule has 1 N–H and O–H groups in total. The Morgan fingerprint density at radius 3 is 2.51 bits per heavy atom. The molecular formula is C32H37N5O2. The number of benzene rings is 2. The number of aliphatic hydroxyl groups excluding tert-OH is 1. The lowest BCUT2D eigenvalue weighted by Gasteiger charge is -2.41. The number of hydrogen-bond donors (Lipinski definition) is 1. The maximum Gasteiger partial charge on any atom is 0.254 e. The largest absolute Gasteiger partial charge is 0.394 e. The molecule has 2 aromatic carbocycles. The number of pyridine rings is 1. The number of carbonyl (C=O) groups excluding carboxylic acids is 1. The van der Waals surface area contributed by atoms with Gasteiger partial charge in [0.2, 0.25) is 0 Å². The van der Waals surface area contributed by atoms with Crippen molar-refractivity contribution in [3.63, 3.8) is 0 Å². The molecule has 7 nitrogen and oxygen atoms in total. The molecular weight excluding hydrogens is 486 g/mol. The molecule has 1 atom stereocenters. The van der Waals surface area contributed by atoms with Gasteiger partial charge in [-0.3, -0.25) is 4.79 Å². The molecule has 202 valence electrons. The zero-order valence-corrected chi connectivity index (χ0v) is 22.9. The summed E-state index contributed by atoms with van der Waals surface area (Å²) in [6, 6.07) is 20.0. The van der Waals surface area contributed by atoms with Gasteiger partial charge in [0.15, 0.2) is 0 Å². The standard InChI is InChI=1S/C32H37N5O2/c1-23-17-24(2)29(32(39)36-15-16-37(28(21-36)22-38)31-9-5-6-12-34-31)19-27(23)18-25-10-13-35(14-11-25)30-8-4-3-7-26(30)20-33/h3-9,12,17,19,25,28,38H,10-11,13-16,18,21-22H2,1-2H3/t28-/m1/s1. The fourth-order valence-corrected chi connectivity index (χ4v) is 6.07. The van der Waals surface area contributed by atoms with Crippen molar-refractivity contribution in [2.45, 2.75) is 39.2 Å². The van der Waals surface area contributed by atoms with Gasteiger partial charge in [0.05, 0.1) is 23.9 Å². The van der Waals surface area contributed by atoms with Crippen LogP contribution in [0.5, 0.6) is 0 Å². The van der Waals surface area contributed by atoms with Crippen molar-refractivity contribution in [2.75, 3.05) is 49.1 Å². The number of nitrogens with zero attached hydrogens (tertiary/aromatic N) is 5. The number of aliphatic hydroxyl groups is 1. The molecule has 0 saturated carbocycles. The lowest BCUT2D eigenvalue weighted by molar-refractivity contribution is 0.0698. The molecule has 3 heterocycles. The van der Waals surface area contributed by atoms with Crippen molar-refractivity contribution in [3.8, 4) is 6.07 Å². The highest BCUT2D eigenvalue weighted by molar-refractivity contribution is 5.96. The molecule has 0 spiro atoms. The highest BCUT2D eigenvalue weighted by atomic mass is 16.3. The first-order valence-corrected chi connectivity index (χ1v) is 13.9. The van der Waals surface area contributed by atoms with Crippen LogP contribution in [0.25, 0.3) is 0 Å². The number of nitriles is 1. The van der Waals surface area contributed by atoms with Crippen molar-refractivity contribution in [3.05, 3.63) is 88.6 Å². The van der Waals surface area contributed by atoms with Gasteiger partial charge in [0.1, 0.15) is 11.9 Å². The van der Waals surface area contributed by atoms with E-state index in [1.54, 1.807) is 6.20 Å². The Balaban J connectivity index is 1.26. The molecule has 2 aliphatic heterocycles. The molecule has 5 rings (SSSR count). The molecule has 2 saturated heterocycles. The summed E-state index contributed by atoms with van der Waals surface area (Å²) < 4.78 is 0. The van der Waals surface area contributed by atoms with Crippen LogP contribution >= 0.6 is 0 Å². The second-order valence-corrected chi connectivity index (χ2v) is 10.8. The third kappa shape index (κ3) is 5.76. The third-order valence-electron chi connectivity index (χ3n) is 8.33. The normalized spacial score (nSPS) is 18.2. The first-order valence-electron chi connectivity index (χ1n) is 13.9. The molecule has 39 heavy (non-hydrogen) atoms. The molecule has 1 amide bonds. The topological polar surface area (TPSA) is 83.7 Å². The first kappa shape index (κ1) is 26.7. The summed E-state index contributed by atoms with van der Waals surface area (Å²) in [5.74, 6) is 1.41. The van der Waals surface area contributed by atoms with E-state index in [1.165, 1.54) is 11.1 Å². The van der Waals surface area contributed by atoms with Crippen LogP contribution in [0.3, 0.4) is 0 Å². The van der Waals surface area contributed by atoms with Gasteiger partial charge in [-0.15, -0.1) is 0 Å². The average Bonchev–Trinajstić information content (AvgIpc) is 2.98. The van der Waals surface area contributed by atoms with E-state index < -0.39 is 0 Å². The fourth-order valence-electron chi connectivity index (χ4n) is 6.07. The lowest BCUT2D eigenvalue weighted by atomic mass is 9.86. The van der Waals surface area contributed by atoms with Crippen LogP contribution in [0.1, 0.15) is 45.5 Å². The summed E-state index contributed by atoms with van der Waals surface area (Å²) in [5, 5.41) is 19.6. The molecule has 2 fully saturated rings. The monoisotopic (exact) mass is 523 g/mol. The summed E-state index contributed by atoms with van der Waals surface area (Å²) >= 11 is 0. The summed E-state index contributed by atoms with van der Waals surface area (Å²) in [7, 11) is 0. The van der Waals surface area contributed by atoms with Crippen LogP contribution in [0.2, 0.25) is 0 Å². The van der Waals surface area contributed by atoms with Crippen molar-refractivity contribution in [1.82, 2.24) is 9.88 Å². The minimum Gasteiger partial charge on any atom is -0.394 e. The third-order valence-corrected chi connectivity index (χ3v) is 8.33. The number of rotatable bonds is 6. The summed E-state index contributed by atoms with van der Waals surface area (Å²) in [4.78, 5) is 24.5. The van der Waals surface area contributed by atoms with E-state index in [9.17, 15) is 15.2 Å². The van der Waals surface area contributed by atoms with Crippen LogP contribution in [0, 0.1) is 31.1 Å². The predicted octanol–water partition coefficient (Wildman–Crippen LogP) is 4.35. The van der Waals surface area contributed by atoms with Gasteiger partial charge < -0.3 is 19.8 Å². The SMILES string of the molecule is Cc1cc(C)c(C(=O)N2CCN(c3ccccn3)[C@@H](CO)C2)cc1CC1CCN(c2ccccc2C#N)CC1. The number of hydrogen-bond acceptors (Lipinski definition) is 6. The number of para-hydroxylation sites is 1. The maximum atomic E-state index is 13.7. The van der Waals surface area contributed by atoms with Gasteiger partial charge in [0.25, 0.3) is 5.91 Å². The molecule has 2 aliphatic rings. The zero-order chi connectivity index (χ0) is 27.4. The van der Waals surface area contributed by atoms with Crippen molar-refractivity contribution in [2.24, 2.45) is 5.92 Å². The number of aromatic nitrogens is 1. The van der Waals surface area contributed by atoms with E-state index in [-0.39, 0.29) is 18.6 Å². The molecule has 7 heteroatoms. The number of amides is 1. The van der Waals surface area contributed by atoms with E-state index in [0.29, 0.717) is 25.6 Å². The number of carbonyl (C=O) groups is 1. The summed E-state index contributed by atoms with van der Waals surface area (Å²) in [6.07, 6.45) is 4.83. The molecule has 0 bridgehead atoms. The maximum absolute atomic E-state index is 13.7. The smallest absolute Gasteiger partial charge is 0.254 e. The number of piperidine rings is 1. The van der Waals surface area contributed by atoms with E-state index in [4.69, 9.17) is 0 Å². The number of anilines is 2. The Kier molecular flexibility index (Phi) is 8.13. The highest BCUT2D eigenvalue weighted by Crippen LogP contribution is 2.30. The van der Waals surface area contributed by atoms with E-state index in [0.717, 1.165) is 60.5 Å². The molecule has 0 unspecified atom stereocenters. The summed E-state index contributed by atoms with van der Waals surface area (Å²) in [5.41, 5.74) is 6.00. The van der Waals surface area contributed by atoms with Crippen LogP contribution in [-0.2, 0) is 6.42 Å². The Hall–Kier alpha value is -3.89. The average molecular weight is 524 g/mol. The summed E-state index contributed by atoms with van der Waals surface area (Å²) in [6.45, 7) is 7.70. The zero-order valence-electron chi connectivity index (χ0n) is 22.9. The predicted molar refractivity (Wildman–Crippen MR) is 154 cm³/mol. The second-order valence-electron chi connectivity index (χ2n) is 10.8. The van der Waals surface area contributed by atoms with E-state index in [1.807, 2.05) is 54.3 Å². The quantitative estimate of drug-likeness (QED) is 0.517. The van der Waals surface area contributed by atoms with E-state index >= 15 is 0 Å². The van der Waals surface area contributed by atoms with Crippen molar-refractivity contribution >= 4 is 17.4 Å². The van der Waals surface area contributed by atoms with Gasteiger partial charge >= 0.3 is 0 Å². The minimum absolute atomic E-state index is 0.0317. The van der Waals surface area contributed by atoms with Crippen molar-refractivity contribution in [1.29, 1.82) is 5.26 Å². The lowest BCUT2D eigenvalue weighted by Crippen LogP contribution is -2.56. The van der Waals surface area contributed by atoms with Gasteiger partial charge in [0, 0.05) is 44.5 Å². The Morgan fingerprint density at radius 1 is 1.03 bits per heavy atom. The molecule has 0 aliphatic carbocycles. The second kappa shape index (κ2) is 11.9. The van der Waals surface area contributed by atoms with Crippen LogP contribution in [0.4, 0.5) is 11.5 Å². The Morgan fingerprint density at radius 2 is 1.79 bits per heavy atom. The van der Waals surface area contributed by atoms with Gasteiger partial charge in [-0.1, -0.05) is 24.3 Å². The van der Waals surface area contributed by atoms with Crippen LogP contribution in [0.15, 0.2) is 60.8 Å². The van der Waals surface area contributed by atoms with Gasteiger partial charge in [-0.25, -0.2) is 4.98 Å². The molecule has 0 radical (unpaired) electrons. The van der Waals surface area contributed by atoms with Gasteiger partial charge in [-0.05, 0) is 86.1 Å². The Bertz CT molecular complexity index is 1340. The fraction of sp³-hybridized carbons (Fsp3) is 0.406. The first-order chi connectivity index (χ1) is 19.0. The molecule has 3 aromatic rings. The number of aryl methyl sites for hydroxylation is 2. The minimum atomic E-state index is -0.181. The van der Waals surface area contributed by atoms with Crippen LogP contribution in [-0.4, -0.2) is 66.3 Å². The highest BCUT2D eigenvalue weighted by Gasteiger charge is 2.31. The van der Waals surface area contributed by atoms with E-state index in [2.05, 4.69) is 39.9 Å².